The number of thiophene rings is 1. The van der Waals surface area contributed by atoms with Crippen LogP contribution in [-0.4, -0.2) is 6.04 Å². The smallest absolute Gasteiger partial charge is 0.00822 e. The van der Waals surface area contributed by atoms with Crippen LogP contribution in [0.4, 0.5) is 0 Å². The standard InChI is InChI=1S/C10H15NS/c11-10(5-8-1-2-8)6-9-3-4-12-7-9/h3-4,7-8,10H,1-2,5-6,11H2. The van der Waals surface area contributed by atoms with Gasteiger partial charge in [0, 0.05) is 6.04 Å². The van der Waals surface area contributed by atoms with E-state index in [9.17, 15) is 0 Å². The van der Waals surface area contributed by atoms with E-state index in [2.05, 4.69) is 16.8 Å². The summed E-state index contributed by atoms with van der Waals surface area (Å²) in [5, 5.41) is 4.33. The molecule has 0 radical (unpaired) electrons. The Labute approximate surface area is 77.6 Å². The minimum absolute atomic E-state index is 0.395. The fourth-order valence-electron chi connectivity index (χ4n) is 1.58. The molecule has 1 aliphatic rings. The van der Waals surface area contributed by atoms with E-state index in [1.807, 2.05) is 0 Å². The third-order valence-corrected chi connectivity index (χ3v) is 3.14. The van der Waals surface area contributed by atoms with Crippen molar-refractivity contribution >= 4 is 11.3 Å². The van der Waals surface area contributed by atoms with E-state index >= 15 is 0 Å². The normalized spacial score (nSPS) is 19.4. The average molecular weight is 181 g/mol. The fourth-order valence-corrected chi connectivity index (χ4v) is 2.26. The maximum absolute atomic E-state index is 6.01. The quantitative estimate of drug-likeness (QED) is 0.758. The highest BCUT2D eigenvalue weighted by Gasteiger charge is 2.23. The highest BCUT2D eigenvalue weighted by Crippen LogP contribution is 2.33. The molecule has 0 bridgehead atoms. The topological polar surface area (TPSA) is 26.0 Å². The van der Waals surface area contributed by atoms with Gasteiger partial charge < -0.3 is 5.73 Å². The zero-order valence-corrected chi connectivity index (χ0v) is 8.02. The summed E-state index contributed by atoms with van der Waals surface area (Å²) in [4.78, 5) is 0. The van der Waals surface area contributed by atoms with Crippen molar-refractivity contribution in [1.82, 2.24) is 0 Å². The van der Waals surface area contributed by atoms with Crippen molar-refractivity contribution in [1.29, 1.82) is 0 Å². The zero-order valence-electron chi connectivity index (χ0n) is 7.20. The molecule has 12 heavy (non-hydrogen) atoms. The molecule has 1 atom stereocenters. The van der Waals surface area contributed by atoms with E-state index in [1.165, 1.54) is 24.8 Å². The van der Waals surface area contributed by atoms with Crippen molar-refractivity contribution in [3.8, 4) is 0 Å². The second kappa shape index (κ2) is 3.58. The predicted octanol–water partition coefficient (Wildman–Crippen LogP) is 2.42. The van der Waals surface area contributed by atoms with Crippen molar-refractivity contribution in [2.45, 2.75) is 31.7 Å². The van der Waals surface area contributed by atoms with Crippen LogP contribution >= 0.6 is 11.3 Å². The predicted molar refractivity (Wildman–Crippen MR) is 53.3 cm³/mol. The molecule has 0 aliphatic heterocycles. The van der Waals surface area contributed by atoms with Gasteiger partial charge >= 0.3 is 0 Å². The molecule has 2 N–H and O–H groups in total. The van der Waals surface area contributed by atoms with Gasteiger partial charge in [-0.25, -0.2) is 0 Å². The molecule has 0 amide bonds. The Morgan fingerprint density at radius 1 is 1.58 bits per heavy atom. The van der Waals surface area contributed by atoms with Gasteiger partial charge in [0.15, 0.2) is 0 Å². The van der Waals surface area contributed by atoms with Crippen LogP contribution in [0.2, 0.25) is 0 Å². The molecule has 66 valence electrons. The molecule has 0 saturated heterocycles. The highest BCUT2D eigenvalue weighted by atomic mass is 32.1. The summed E-state index contributed by atoms with van der Waals surface area (Å²) in [7, 11) is 0. The summed E-state index contributed by atoms with van der Waals surface area (Å²) in [6, 6.07) is 2.57. The van der Waals surface area contributed by atoms with Crippen molar-refractivity contribution in [2.24, 2.45) is 11.7 Å². The second-order valence-corrected chi connectivity index (χ2v) is 4.55. The van der Waals surface area contributed by atoms with E-state index < -0.39 is 0 Å². The maximum Gasteiger partial charge on any atom is 0.00822 e. The number of hydrogen-bond acceptors (Lipinski definition) is 2. The van der Waals surface area contributed by atoms with Crippen LogP contribution in [0.3, 0.4) is 0 Å². The lowest BCUT2D eigenvalue weighted by molar-refractivity contribution is 0.567. The highest BCUT2D eigenvalue weighted by molar-refractivity contribution is 7.07. The van der Waals surface area contributed by atoms with Crippen LogP contribution in [0.25, 0.3) is 0 Å². The fraction of sp³-hybridized carbons (Fsp3) is 0.600. The largest absolute Gasteiger partial charge is 0.327 e. The molecule has 0 aromatic carbocycles. The van der Waals surface area contributed by atoms with Crippen LogP contribution < -0.4 is 5.73 Å². The van der Waals surface area contributed by atoms with E-state index in [0.29, 0.717) is 6.04 Å². The Morgan fingerprint density at radius 3 is 3.00 bits per heavy atom. The molecular formula is C10H15NS. The molecule has 1 saturated carbocycles. The first-order valence-electron chi connectivity index (χ1n) is 4.61. The monoisotopic (exact) mass is 181 g/mol. The summed E-state index contributed by atoms with van der Waals surface area (Å²) in [5.41, 5.74) is 7.42. The van der Waals surface area contributed by atoms with Crippen LogP contribution in [0, 0.1) is 5.92 Å². The second-order valence-electron chi connectivity index (χ2n) is 3.77. The first kappa shape index (κ1) is 8.27. The molecule has 1 heterocycles. The molecule has 1 aliphatic carbocycles. The van der Waals surface area contributed by atoms with E-state index in [1.54, 1.807) is 11.3 Å². The summed E-state index contributed by atoms with van der Waals surface area (Å²) < 4.78 is 0. The Bertz CT molecular complexity index is 226. The van der Waals surface area contributed by atoms with Crippen LogP contribution in [-0.2, 0) is 6.42 Å². The minimum Gasteiger partial charge on any atom is -0.327 e. The van der Waals surface area contributed by atoms with Gasteiger partial charge in [0.1, 0.15) is 0 Å². The van der Waals surface area contributed by atoms with Gasteiger partial charge in [0.2, 0.25) is 0 Å². The summed E-state index contributed by atoms with van der Waals surface area (Å²) in [5.74, 6) is 0.957. The Hall–Kier alpha value is -0.340. The maximum atomic E-state index is 6.01. The Morgan fingerprint density at radius 2 is 2.42 bits per heavy atom. The third kappa shape index (κ3) is 2.32. The molecule has 1 fully saturated rings. The summed E-state index contributed by atoms with van der Waals surface area (Å²) in [6.45, 7) is 0. The van der Waals surface area contributed by atoms with Crippen molar-refractivity contribution in [2.75, 3.05) is 0 Å². The van der Waals surface area contributed by atoms with Gasteiger partial charge in [-0.2, -0.15) is 11.3 Å². The Kier molecular flexibility index (Phi) is 2.47. The summed E-state index contributed by atoms with van der Waals surface area (Å²) >= 11 is 1.76. The van der Waals surface area contributed by atoms with Crippen molar-refractivity contribution in [3.05, 3.63) is 22.4 Å². The number of hydrogen-bond donors (Lipinski definition) is 1. The lowest BCUT2D eigenvalue weighted by atomic mass is 10.0. The SMILES string of the molecule is NC(Cc1ccsc1)CC1CC1. The van der Waals surface area contributed by atoms with E-state index in [0.717, 1.165) is 12.3 Å². The van der Waals surface area contributed by atoms with Gasteiger partial charge in [0.05, 0.1) is 0 Å². The zero-order chi connectivity index (χ0) is 8.39. The molecule has 1 aromatic heterocycles. The average Bonchev–Trinajstić information content (AvgIpc) is 2.66. The lowest BCUT2D eigenvalue weighted by Crippen LogP contribution is -2.22. The summed E-state index contributed by atoms with van der Waals surface area (Å²) in [6.07, 6.45) is 5.13. The van der Waals surface area contributed by atoms with Gasteiger partial charge in [-0.05, 0) is 41.1 Å². The first-order chi connectivity index (χ1) is 5.84. The number of nitrogens with two attached hydrogens (primary N) is 1. The van der Waals surface area contributed by atoms with Gasteiger partial charge in [-0.15, -0.1) is 0 Å². The van der Waals surface area contributed by atoms with Gasteiger partial charge in [-0.1, -0.05) is 12.8 Å². The molecule has 2 heteroatoms. The van der Waals surface area contributed by atoms with Gasteiger partial charge in [0.25, 0.3) is 0 Å². The van der Waals surface area contributed by atoms with Crippen molar-refractivity contribution in [3.63, 3.8) is 0 Å². The first-order valence-corrected chi connectivity index (χ1v) is 5.55. The molecule has 1 unspecified atom stereocenters. The van der Waals surface area contributed by atoms with Gasteiger partial charge in [-0.3, -0.25) is 0 Å². The van der Waals surface area contributed by atoms with Crippen LogP contribution in [0.5, 0.6) is 0 Å². The molecule has 2 rings (SSSR count). The van der Waals surface area contributed by atoms with E-state index in [4.69, 9.17) is 5.73 Å². The number of rotatable bonds is 4. The van der Waals surface area contributed by atoms with Crippen LogP contribution in [0.1, 0.15) is 24.8 Å². The third-order valence-electron chi connectivity index (χ3n) is 2.41. The van der Waals surface area contributed by atoms with E-state index in [-0.39, 0.29) is 0 Å². The molecule has 1 nitrogen and oxygen atoms in total. The molecular weight excluding hydrogens is 166 g/mol. The molecule has 0 spiro atoms. The van der Waals surface area contributed by atoms with Crippen molar-refractivity contribution < 1.29 is 0 Å². The minimum atomic E-state index is 0.395. The Balaban J connectivity index is 1.77. The lowest BCUT2D eigenvalue weighted by Gasteiger charge is -2.08. The molecule has 1 aromatic rings. The van der Waals surface area contributed by atoms with Crippen LogP contribution in [0.15, 0.2) is 16.8 Å².